The third-order valence-corrected chi connectivity index (χ3v) is 6.66. The van der Waals surface area contributed by atoms with Crippen LogP contribution in [0.3, 0.4) is 0 Å². The van der Waals surface area contributed by atoms with Gasteiger partial charge in [-0.3, -0.25) is 14.7 Å². The van der Waals surface area contributed by atoms with E-state index in [0.29, 0.717) is 18.1 Å². The van der Waals surface area contributed by atoms with Crippen molar-refractivity contribution in [1.82, 2.24) is 9.97 Å². The standard InChI is InChI=1S/C28H23N3OS/c1-20-7-5-11-25-27(20)30-28(33-25)31(19-22-8-6-16-29-18-22)26(32)17-21-12-14-24(15-13-21)23-9-3-2-4-10-23/h2-16,18H,17,19H2,1H3. The first-order chi connectivity index (χ1) is 16.2. The molecular weight excluding hydrogens is 426 g/mol. The van der Waals surface area contributed by atoms with Gasteiger partial charge in [0, 0.05) is 12.4 Å². The number of para-hydroxylation sites is 1. The number of nitrogens with zero attached hydrogens (tertiary/aromatic N) is 3. The fourth-order valence-electron chi connectivity index (χ4n) is 3.84. The van der Waals surface area contributed by atoms with Gasteiger partial charge in [0.2, 0.25) is 5.91 Å². The summed E-state index contributed by atoms with van der Waals surface area (Å²) in [7, 11) is 0. The average Bonchev–Trinajstić information content (AvgIpc) is 3.29. The van der Waals surface area contributed by atoms with Gasteiger partial charge in [0.1, 0.15) is 0 Å². The molecule has 33 heavy (non-hydrogen) atoms. The Morgan fingerprint density at radius 1 is 0.848 bits per heavy atom. The summed E-state index contributed by atoms with van der Waals surface area (Å²) < 4.78 is 1.08. The molecule has 0 aliphatic rings. The lowest BCUT2D eigenvalue weighted by atomic mass is 10.0. The van der Waals surface area contributed by atoms with Crippen molar-refractivity contribution in [2.75, 3.05) is 4.90 Å². The van der Waals surface area contributed by atoms with Crippen molar-refractivity contribution in [3.63, 3.8) is 0 Å². The molecule has 0 N–H and O–H groups in total. The molecule has 5 rings (SSSR count). The smallest absolute Gasteiger partial charge is 0.233 e. The number of amides is 1. The number of aromatic nitrogens is 2. The Balaban J connectivity index is 1.43. The highest BCUT2D eigenvalue weighted by molar-refractivity contribution is 7.22. The highest BCUT2D eigenvalue weighted by Gasteiger charge is 2.21. The summed E-state index contributed by atoms with van der Waals surface area (Å²) in [6.07, 6.45) is 3.85. The van der Waals surface area contributed by atoms with Gasteiger partial charge in [0.25, 0.3) is 0 Å². The number of pyridine rings is 1. The Hall–Kier alpha value is -3.83. The summed E-state index contributed by atoms with van der Waals surface area (Å²) in [6.45, 7) is 2.49. The number of carbonyl (C=O) groups excluding carboxylic acids is 1. The van der Waals surface area contributed by atoms with Crippen molar-refractivity contribution in [1.29, 1.82) is 0 Å². The number of rotatable bonds is 6. The molecule has 5 aromatic rings. The Morgan fingerprint density at radius 2 is 1.64 bits per heavy atom. The van der Waals surface area contributed by atoms with Gasteiger partial charge in [-0.15, -0.1) is 0 Å². The number of aryl methyl sites for hydroxylation is 1. The normalized spacial score (nSPS) is 10.9. The van der Waals surface area contributed by atoms with Gasteiger partial charge in [-0.25, -0.2) is 4.98 Å². The van der Waals surface area contributed by atoms with Crippen LogP contribution in [0, 0.1) is 6.92 Å². The molecular formula is C28H23N3OS. The molecule has 0 aliphatic heterocycles. The molecule has 162 valence electrons. The van der Waals surface area contributed by atoms with Crippen LogP contribution in [0.5, 0.6) is 0 Å². The van der Waals surface area contributed by atoms with E-state index in [-0.39, 0.29) is 5.91 Å². The minimum atomic E-state index is 0.0167. The second-order valence-electron chi connectivity index (χ2n) is 8.00. The molecule has 0 radical (unpaired) electrons. The second kappa shape index (κ2) is 9.35. The van der Waals surface area contributed by atoms with Crippen molar-refractivity contribution in [3.8, 4) is 11.1 Å². The molecule has 0 fully saturated rings. The lowest BCUT2D eigenvalue weighted by Crippen LogP contribution is -2.31. The number of anilines is 1. The average molecular weight is 450 g/mol. The molecule has 4 nitrogen and oxygen atoms in total. The van der Waals surface area contributed by atoms with Crippen LogP contribution < -0.4 is 4.90 Å². The summed E-state index contributed by atoms with van der Waals surface area (Å²) in [4.78, 5) is 24.3. The summed E-state index contributed by atoms with van der Waals surface area (Å²) in [5, 5.41) is 0.717. The summed E-state index contributed by atoms with van der Waals surface area (Å²) in [5.41, 5.74) is 6.32. The zero-order valence-electron chi connectivity index (χ0n) is 18.3. The Labute approximate surface area is 197 Å². The Bertz CT molecular complexity index is 1380. The van der Waals surface area contributed by atoms with Crippen molar-refractivity contribution in [2.24, 2.45) is 0 Å². The van der Waals surface area contributed by atoms with Crippen LogP contribution in [0.4, 0.5) is 5.13 Å². The highest BCUT2D eigenvalue weighted by atomic mass is 32.1. The molecule has 0 saturated heterocycles. The van der Waals surface area contributed by atoms with Crippen LogP contribution in [0.2, 0.25) is 0 Å². The van der Waals surface area contributed by atoms with E-state index in [0.717, 1.165) is 32.5 Å². The highest BCUT2D eigenvalue weighted by Crippen LogP contribution is 2.32. The molecule has 1 amide bonds. The molecule has 0 spiro atoms. The van der Waals surface area contributed by atoms with Crippen LogP contribution in [0.1, 0.15) is 16.7 Å². The van der Waals surface area contributed by atoms with Crippen LogP contribution >= 0.6 is 11.3 Å². The first-order valence-electron chi connectivity index (χ1n) is 10.9. The third-order valence-electron chi connectivity index (χ3n) is 5.62. The van der Waals surface area contributed by atoms with Crippen LogP contribution in [-0.4, -0.2) is 15.9 Å². The van der Waals surface area contributed by atoms with E-state index >= 15 is 0 Å². The first-order valence-corrected chi connectivity index (χ1v) is 11.7. The minimum absolute atomic E-state index is 0.0167. The van der Waals surface area contributed by atoms with Crippen LogP contribution in [0.15, 0.2) is 97.3 Å². The summed E-state index contributed by atoms with van der Waals surface area (Å²) in [6, 6.07) is 28.5. The predicted molar refractivity (Wildman–Crippen MR) is 135 cm³/mol. The number of thiazole rings is 1. The van der Waals surface area contributed by atoms with E-state index in [2.05, 4.69) is 35.3 Å². The van der Waals surface area contributed by atoms with E-state index in [1.807, 2.05) is 61.5 Å². The van der Waals surface area contributed by atoms with Gasteiger partial charge in [-0.2, -0.15) is 0 Å². The van der Waals surface area contributed by atoms with Gasteiger partial charge < -0.3 is 0 Å². The number of carbonyl (C=O) groups is 1. The third kappa shape index (κ3) is 4.69. The molecule has 0 aliphatic carbocycles. The molecule has 2 heterocycles. The lowest BCUT2D eigenvalue weighted by Gasteiger charge is -2.20. The molecule has 0 bridgehead atoms. The van der Waals surface area contributed by atoms with E-state index in [1.54, 1.807) is 28.6 Å². The van der Waals surface area contributed by atoms with Crippen LogP contribution in [-0.2, 0) is 17.8 Å². The fraction of sp³-hybridized carbons (Fsp3) is 0.107. The summed E-state index contributed by atoms with van der Waals surface area (Å²) >= 11 is 1.55. The first kappa shape index (κ1) is 21.0. The molecule has 5 heteroatoms. The molecule has 0 saturated carbocycles. The van der Waals surface area contributed by atoms with Crippen molar-refractivity contribution in [3.05, 3.63) is 114 Å². The SMILES string of the molecule is Cc1cccc2sc(N(Cc3cccnc3)C(=O)Cc3ccc(-c4ccccc4)cc3)nc12. The molecule has 0 unspecified atom stereocenters. The van der Waals surface area contributed by atoms with E-state index in [4.69, 9.17) is 4.98 Å². The summed E-state index contributed by atoms with van der Waals surface area (Å²) in [5.74, 6) is 0.0167. The van der Waals surface area contributed by atoms with Crippen molar-refractivity contribution < 1.29 is 4.79 Å². The van der Waals surface area contributed by atoms with Gasteiger partial charge in [0.05, 0.1) is 23.2 Å². The van der Waals surface area contributed by atoms with Gasteiger partial charge in [-0.1, -0.05) is 84.1 Å². The topological polar surface area (TPSA) is 46.1 Å². The van der Waals surface area contributed by atoms with E-state index in [9.17, 15) is 4.79 Å². The molecule has 3 aromatic carbocycles. The monoisotopic (exact) mass is 449 g/mol. The maximum atomic E-state index is 13.5. The fourth-order valence-corrected chi connectivity index (χ4v) is 4.90. The zero-order chi connectivity index (χ0) is 22.6. The maximum Gasteiger partial charge on any atom is 0.233 e. The number of hydrogen-bond donors (Lipinski definition) is 0. The van der Waals surface area contributed by atoms with Crippen molar-refractivity contribution in [2.45, 2.75) is 19.9 Å². The van der Waals surface area contributed by atoms with Crippen molar-refractivity contribution >= 4 is 32.6 Å². The lowest BCUT2D eigenvalue weighted by molar-refractivity contribution is -0.118. The van der Waals surface area contributed by atoms with Gasteiger partial charge >= 0.3 is 0 Å². The van der Waals surface area contributed by atoms with Gasteiger partial charge in [-0.05, 0) is 46.9 Å². The number of benzene rings is 3. The quantitative estimate of drug-likeness (QED) is 0.300. The Morgan fingerprint density at radius 3 is 2.36 bits per heavy atom. The maximum absolute atomic E-state index is 13.5. The molecule has 0 atom stereocenters. The largest absolute Gasteiger partial charge is 0.283 e. The second-order valence-corrected chi connectivity index (χ2v) is 9.01. The number of hydrogen-bond acceptors (Lipinski definition) is 4. The predicted octanol–water partition coefficient (Wildman–Crippen LogP) is 6.44. The Kier molecular flexibility index (Phi) is 5.96. The number of fused-ring (bicyclic) bond motifs is 1. The molecule has 2 aromatic heterocycles. The zero-order valence-corrected chi connectivity index (χ0v) is 19.1. The van der Waals surface area contributed by atoms with Gasteiger partial charge in [0.15, 0.2) is 5.13 Å². The van der Waals surface area contributed by atoms with E-state index < -0.39 is 0 Å². The minimum Gasteiger partial charge on any atom is -0.283 e. The van der Waals surface area contributed by atoms with E-state index in [1.165, 1.54) is 5.56 Å². The van der Waals surface area contributed by atoms with Crippen LogP contribution in [0.25, 0.3) is 21.3 Å².